The second kappa shape index (κ2) is 6.83. The van der Waals surface area contributed by atoms with Crippen molar-refractivity contribution in [2.45, 2.75) is 41.4 Å². The van der Waals surface area contributed by atoms with Crippen LogP contribution in [0.3, 0.4) is 0 Å². The molecule has 0 bridgehead atoms. The molecule has 1 N–H and O–H groups in total. The van der Waals surface area contributed by atoms with Gasteiger partial charge in [-0.05, 0) is 50.9 Å². The maximum atomic E-state index is 12.1. The molecular weight excluding hydrogens is 294 g/mol. The number of esters is 1. The predicted molar refractivity (Wildman–Crippen MR) is 83.4 cm³/mol. The van der Waals surface area contributed by atoms with E-state index < -0.39 is 5.54 Å². The van der Waals surface area contributed by atoms with Crippen LogP contribution in [0.25, 0.3) is 0 Å². The fraction of sp³-hybridized carbons (Fsp3) is 0.533. The average molecular weight is 314 g/mol. The standard InChI is InChI=1S/C15H20ClNO2S/c1-17-15(14(18)19-2)8-4-7-13(10-15)20-12-6-3-5-11(16)9-12/h3,5-6,9,13,17H,4,7-8,10H2,1-2H3. The molecule has 1 aromatic carbocycles. The molecule has 20 heavy (non-hydrogen) atoms. The number of hydrogen-bond donors (Lipinski definition) is 1. The van der Waals surface area contributed by atoms with Gasteiger partial charge in [0.25, 0.3) is 0 Å². The van der Waals surface area contributed by atoms with Gasteiger partial charge >= 0.3 is 5.97 Å². The zero-order valence-electron chi connectivity index (χ0n) is 11.8. The Kier molecular flexibility index (Phi) is 5.35. The largest absolute Gasteiger partial charge is 0.468 e. The van der Waals surface area contributed by atoms with Crippen LogP contribution < -0.4 is 5.32 Å². The fourth-order valence-corrected chi connectivity index (χ4v) is 4.41. The number of thioether (sulfide) groups is 1. The second-order valence-electron chi connectivity index (χ2n) is 5.12. The van der Waals surface area contributed by atoms with Crippen molar-refractivity contribution in [1.82, 2.24) is 5.32 Å². The lowest BCUT2D eigenvalue weighted by Crippen LogP contribution is -2.54. The van der Waals surface area contributed by atoms with Crippen LogP contribution in [-0.2, 0) is 9.53 Å². The zero-order chi connectivity index (χ0) is 14.6. The Balaban J connectivity index is 2.08. The maximum absolute atomic E-state index is 12.1. The van der Waals surface area contributed by atoms with Crippen LogP contribution in [0, 0.1) is 0 Å². The van der Waals surface area contributed by atoms with E-state index in [-0.39, 0.29) is 5.97 Å². The summed E-state index contributed by atoms with van der Waals surface area (Å²) in [5.74, 6) is -0.156. The van der Waals surface area contributed by atoms with E-state index in [4.69, 9.17) is 16.3 Å². The summed E-state index contributed by atoms with van der Waals surface area (Å²) in [5.41, 5.74) is -0.538. The van der Waals surface area contributed by atoms with Gasteiger partial charge in [0.05, 0.1) is 7.11 Å². The number of carbonyl (C=O) groups is 1. The van der Waals surface area contributed by atoms with Gasteiger partial charge in [0.1, 0.15) is 5.54 Å². The average Bonchev–Trinajstić information content (AvgIpc) is 2.46. The highest BCUT2D eigenvalue weighted by Crippen LogP contribution is 2.39. The minimum Gasteiger partial charge on any atom is -0.468 e. The molecule has 1 aliphatic carbocycles. The van der Waals surface area contributed by atoms with Crippen LogP contribution in [0.2, 0.25) is 5.02 Å². The lowest BCUT2D eigenvalue weighted by molar-refractivity contribution is -0.149. The number of carbonyl (C=O) groups excluding carboxylic acids is 1. The van der Waals surface area contributed by atoms with E-state index in [2.05, 4.69) is 11.4 Å². The smallest absolute Gasteiger partial charge is 0.326 e. The molecule has 0 radical (unpaired) electrons. The Morgan fingerprint density at radius 2 is 2.35 bits per heavy atom. The highest BCUT2D eigenvalue weighted by molar-refractivity contribution is 8.00. The summed E-state index contributed by atoms with van der Waals surface area (Å²) < 4.78 is 4.97. The normalized spacial score (nSPS) is 26.2. The molecule has 5 heteroatoms. The third-order valence-corrected chi connectivity index (χ3v) is 5.36. The summed E-state index contributed by atoms with van der Waals surface area (Å²) in [6.07, 6.45) is 3.75. The molecule has 2 unspecified atom stereocenters. The highest BCUT2D eigenvalue weighted by Gasteiger charge is 2.42. The lowest BCUT2D eigenvalue weighted by atomic mass is 9.81. The molecular formula is C15H20ClNO2S. The molecule has 2 rings (SSSR count). The van der Waals surface area contributed by atoms with Gasteiger partial charge in [-0.2, -0.15) is 0 Å². The Morgan fingerprint density at radius 1 is 1.55 bits per heavy atom. The van der Waals surface area contributed by atoms with Crippen LogP contribution >= 0.6 is 23.4 Å². The van der Waals surface area contributed by atoms with Crippen molar-refractivity contribution in [2.75, 3.05) is 14.2 Å². The van der Waals surface area contributed by atoms with Gasteiger partial charge in [0.15, 0.2) is 0 Å². The van der Waals surface area contributed by atoms with Crippen molar-refractivity contribution in [3.8, 4) is 0 Å². The number of nitrogens with one attached hydrogen (secondary N) is 1. The van der Waals surface area contributed by atoms with Crippen molar-refractivity contribution in [3.63, 3.8) is 0 Å². The number of halogens is 1. The molecule has 0 saturated heterocycles. The van der Waals surface area contributed by atoms with Crippen molar-refractivity contribution in [3.05, 3.63) is 29.3 Å². The highest BCUT2D eigenvalue weighted by atomic mass is 35.5. The van der Waals surface area contributed by atoms with E-state index in [1.165, 1.54) is 7.11 Å². The van der Waals surface area contributed by atoms with Gasteiger partial charge in [-0.15, -0.1) is 11.8 Å². The van der Waals surface area contributed by atoms with E-state index in [0.717, 1.165) is 35.6 Å². The topological polar surface area (TPSA) is 38.3 Å². The van der Waals surface area contributed by atoms with Gasteiger partial charge < -0.3 is 10.1 Å². The molecule has 0 spiro atoms. The van der Waals surface area contributed by atoms with Crippen molar-refractivity contribution in [2.24, 2.45) is 0 Å². The Bertz CT molecular complexity index is 483. The minimum absolute atomic E-state index is 0.156. The molecule has 0 aromatic heterocycles. The van der Waals surface area contributed by atoms with Crippen LogP contribution in [0.1, 0.15) is 25.7 Å². The number of methoxy groups -OCH3 is 1. The minimum atomic E-state index is -0.538. The molecule has 2 atom stereocenters. The summed E-state index contributed by atoms with van der Waals surface area (Å²) in [6, 6.07) is 7.86. The van der Waals surface area contributed by atoms with Crippen LogP contribution in [0.4, 0.5) is 0 Å². The van der Waals surface area contributed by atoms with Gasteiger partial charge in [0.2, 0.25) is 0 Å². The first-order valence-electron chi connectivity index (χ1n) is 6.79. The Labute approximate surface area is 129 Å². The van der Waals surface area contributed by atoms with E-state index in [0.29, 0.717) is 5.25 Å². The fourth-order valence-electron chi connectivity index (χ4n) is 2.77. The van der Waals surface area contributed by atoms with Crippen LogP contribution in [0.15, 0.2) is 29.2 Å². The van der Waals surface area contributed by atoms with Crippen molar-refractivity contribution >= 4 is 29.3 Å². The molecule has 1 fully saturated rings. The summed E-state index contributed by atoms with van der Waals surface area (Å²) in [4.78, 5) is 13.2. The number of benzene rings is 1. The molecule has 1 saturated carbocycles. The molecule has 0 aliphatic heterocycles. The summed E-state index contributed by atoms with van der Waals surface area (Å²) in [5, 5.41) is 4.33. The molecule has 0 heterocycles. The number of ether oxygens (including phenoxy) is 1. The van der Waals surface area contributed by atoms with Gasteiger partial charge in [0, 0.05) is 15.2 Å². The summed E-state index contributed by atoms with van der Waals surface area (Å²) in [7, 11) is 3.29. The van der Waals surface area contributed by atoms with E-state index in [1.807, 2.05) is 25.2 Å². The maximum Gasteiger partial charge on any atom is 0.326 e. The second-order valence-corrected chi connectivity index (χ2v) is 6.93. The Hall–Kier alpha value is -0.710. The van der Waals surface area contributed by atoms with Gasteiger partial charge in [-0.1, -0.05) is 17.7 Å². The van der Waals surface area contributed by atoms with E-state index in [1.54, 1.807) is 11.8 Å². The van der Waals surface area contributed by atoms with Gasteiger partial charge in [-0.3, -0.25) is 4.79 Å². The first-order chi connectivity index (χ1) is 9.59. The molecule has 1 aliphatic rings. The zero-order valence-corrected chi connectivity index (χ0v) is 13.4. The molecule has 1 aromatic rings. The lowest BCUT2D eigenvalue weighted by Gasteiger charge is -2.38. The SMILES string of the molecule is CNC1(C(=O)OC)CCCC(Sc2cccc(Cl)c2)C1. The quantitative estimate of drug-likeness (QED) is 0.863. The first kappa shape index (κ1) is 15.7. The third-order valence-electron chi connectivity index (χ3n) is 3.86. The molecule has 3 nitrogen and oxygen atoms in total. The van der Waals surface area contributed by atoms with Crippen LogP contribution in [0.5, 0.6) is 0 Å². The number of rotatable bonds is 4. The van der Waals surface area contributed by atoms with E-state index in [9.17, 15) is 4.79 Å². The molecule has 110 valence electrons. The van der Waals surface area contributed by atoms with Gasteiger partial charge in [-0.25, -0.2) is 0 Å². The number of likely N-dealkylation sites (N-methyl/N-ethyl adjacent to an activating group) is 1. The first-order valence-corrected chi connectivity index (χ1v) is 8.05. The van der Waals surface area contributed by atoms with Crippen molar-refractivity contribution in [1.29, 1.82) is 0 Å². The third kappa shape index (κ3) is 3.48. The summed E-state index contributed by atoms with van der Waals surface area (Å²) >= 11 is 7.81. The monoisotopic (exact) mass is 313 g/mol. The number of hydrogen-bond acceptors (Lipinski definition) is 4. The predicted octanol–water partition coefficient (Wildman–Crippen LogP) is 3.51. The van der Waals surface area contributed by atoms with Crippen LogP contribution in [-0.4, -0.2) is 30.9 Å². The Morgan fingerprint density at radius 3 is 3.00 bits per heavy atom. The summed E-state index contributed by atoms with van der Waals surface area (Å²) in [6.45, 7) is 0. The van der Waals surface area contributed by atoms with E-state index >= 15 is 0 Å². The van der Waals surface area contributed by atoms with Crippen molar-refractivity contribution < 1.29 is 9.53 Å². The molecule has 0 amide bonds.